The Hall–Kier alpha value is -1.06. The topological polar surface area (TPSA) is 9.23 Å². The molecule has 4 heteroatoms. The van der Waals surface area contributed by atoms with Crippen LogP contribution in [0.3, 0.4) is 0 Å². The third-order valence-corrected chi connectivity index (χ3v) is 4.35. The SMILES string of the molecule is Fc1ccc(C(Cl)c2ccc3c(c2)CCO3)cc1Br. The highest BCUT2D eigenvalue weighted by Crippen LogP contribution is 2.35. The normalized spacial score (nSPS) is 14.9. The fourth-order valence-electron chi connectivity index (χ4n) is 2.23. The van der Waals surface area contributed by atoms with E-state index in [1.807, 2.05) is 12.1 Å². The Labute approximate surface area is 124 Å². The summed E-state index contributed by atoms with van der Waals surface area (Å²) in [5, 5.41) is -0.289. The molecule has 98 valence electrons. The molecule has 0 aromatic heterocycles. The molecule has 1 nitrogen and oxygen atoms in total. The summed E-state index contributed by atoms with van der Waals surface area (Å²) in [6.07, 6.45) is 0.917. The average Bonchev–Trinajstić information content (AvgIpc) is 2.88. The number of hydrogen-bond donors (Lipinski definition) is 0. The van der Waals surface area contributed by atoms with Gasteiger partial charge in [-0.15, -0.1) is 11.6 Å². The summed E-state index contributed by atoms with van der Waals surface area (Å²) < 4.78 is 19.1. The van der Waals surface area contributed by atoms with Crippen LogP contribution in [0.4, 0.5) is 4.39 Å². The molecule has 3 rings (SSSR count). The lowest BCUT2D eigenvalue weighted by Crippen LogP contribution is -1.95. The van der Waals surface area contributed by atoms with Crippen LogP contribution < -0.4 is 4.74 Å². The summed E-state index contributed by atoms with van der Waals surface area (Å²) >= 11 is 9.66. The predicted molar refractivity (Wildman–Crippen MR) is 77.4 cm³/mol. The summed E-state index contributed by atoms with van der Waals surface area (Å²) in [4.78, 5) is 0. The van der Waals surface area contributed by atoms with E-state index in [0.717, 1.165) is 29.9 Å². The van der Waals surface area contributed by atoms with E-state index in [4.69, 9.17) is 16.3 Å². The Kier molecular flexibility index (Phi) is 3.50. The predicted octanol–water partition coefficient (Wildman–Crippen LogP) is 4.85. The van der Waals surface area contributed by atoms with Crippen molar-refractivity contribution in [2.75, 3.05) is 6.61 Å². The smallest absolute Gasteiger partial charge is 0.137 e. The summed E-state index contributed by atoms with van der Waals surface area (Å²) in [6, 6.07) is 10.8. The molecular weight excluding hydrogens is 331 g/mol. The minimum atomic E-state index is -0.289. The zero-order valence-electron chi connectivity index (χ0n) is 10.00. The Morgan fingerprint density at radius 2 is 1.89 bits per heavy atom. The second-order valence-corrected chi connectivity index (χ2v) is 5.79. The van der Waals surface area contributed by atoms with Crippen LogP contribution in [-0.4, -0.2) is 6.61 Å². The van der Waals surface area contributed by atoms with Crippen molar-refractivity contribution in [2.24, 2.45) is 0 Å². The number of ether oxygens (including phenoxy) is 1. The van der Waals surface area contributed by atoms with Crippen molar-refractivity contribution >= 4 is 27.5 Å². The molecule has 19 heavy (non-hydrogen) atoms. The lowest BCUT2D eigenvalue weighted by molar-refractivity contribution is 0.357. The highest BCUT2D eigenvalue weighted by molar-refractivity contribution is 9.10. The van der Waals surface area contributed by atoms with Crippen LogP contribution >= 0.6 is 27.5 Å². The lowest BCUT2D eigenvalue weighted by Gasteiger charge is -2.12. The molecule has 1 atom stereocenters. The standard InChI is InChI=1S/C15H11BrClFO/c16-12-8-11(1-3-13(12)18)15(17)10-2-4-14-9(7-10)5-6-19-14/h1-4,7-8,15H,5-6H2. The van der Waals surface area contributed by atoms with E-state index >= 15 is 0 Å². The third-order valence-electron chi connectivity index (χ3n) is 3.24. The van der Waals surface area contributed by atoms with Crippen molar-refractivity contribution < 1.29 is 9.13 Å². The first-order valence-corrected chi connectivity index (χ1v) is 7.23. The van der Waals surface area contributed by atoms with Crippen LogP contribution in [0.2, 0.25) is 0 Å². The molecule has 0 amide bonds. The zero-order chi connectivity index (χ0) is 13.4. The van der Waals surface area contributed by atoms with Gasteiger partial charge in [-0.25, -0.2) is 4.39 Å². The second-order valence-electron chi connectivity index (χ2n) is 4.50. The Morgan fingerprint density at radius 3 is 2.68 bits per heavy atom. The van der Waals surface area contributed by atoms with Gasteiger partial charge in [-0.05, 0) is 50.8 Å². The molecule has 0 saturated carbocycles. The third kappa shape index (κ3) is 2.49. The molecule has 2 aromatic carbocycles. The Balaban J connectivity index is 1.94. The van der Waals surface area contributed by atoms with Gasteiger partial charge >= 0.3 is 0 Å². The highest BCUT2D eigenvalue weighted by atomic mass is 79.9. The van der Waals surface area contributed by atoms with Crippen molar-refractivity contribution in [3.63, 3.8) is 0 Å². The summed E-state index contributed by atoms with van der Waals surface area (Å²) in [7, 11) is 0. The summed E-state index contributed by atoms with van der Waals surface area (Å²) in [5.41, 5.74) is 3.06. The summed E-state index contributed by atoms with van der Waals surface area (Å²) in [5.74, 6) is 0.655. The number of benzene rings is 2. The molecule has 1 unspecified atom stereocenters. The minimum absolute atomic E-state index is 0.282. The van der Waals surface area contributed by atoms with Crippen LogP contribution in [0.5, 0.6) is 5.75 Å². The number of halogens is 3. The van der Waals surface area contributed by atoms with Gasteiger partial charge in [-0.1, -0.05) is 18.2 Å². The van der Waals surface area contributed by atoms with Crippen molar-refractivity contribution in [1.82, 2.24) is 0 Å². The van der Waals surface area contributed by atoms with E-state index < -0.39 is 0 Å². The zero-order valence-corrected chi connectivity index (χ0v) is 12.3. The number of rotatable bonds is 2. The van der Waals surface area contributed by atoms with Gasteiger partial charge in [0.15, 0.2) is 0 Å². The summed E-state index contributed by atoms with van der Waals surface area (Å²) in [6.45, 7) is 0.730. The molecule has 1 aliphatic heterocycles. The molecule has 0 fully saturated rings. The first-order valence-electron chi connectivity index (χ1n) is 6.00. The van der Waals surface area contributed by atoms with E-state index in [9.17, 15) is 4.39 Å². The van der Waals surface area contributed by atoms with Gasteiger partial charge < -0.3 is 4.74 Å². The van der Waals surface area contributed by atoms with Crippen LogP contribution in [0.1, 0.15) is 22.1 Å². The molecule has 1 aliphatic rings. The van der Waals surface area contributed by atoms with Crippen LogP contribution in [0.15, 0.2) is 40.9 Å². The van der Waals surface area contributed by atoms with Gasteiger partial charge in [0.25, 0.3) is 0 Å². The highest BCUT2D eigenvalue weighted by Gasteiger charge is 2.17. The molecule has 0 aliphatic carbocycles. The van der Waals surface area contributed by atoms with E-state index in [0.29, 0.717) is 4.47 Å². The van der Waals surface area contributed by atoms with Crippen molar-refractivity contribution in [2.45, 2.75) is 11.8 Å². The maximum Gasteiger partial charge on any atom is 0.137 e. The van der Waals surface area contributed by atoms with E-state index in [1.165, 1.54) is 11.6 Å². The van der Waals surface area contributed by atoms with Gasteiger partial charge in [0.05, 0.1) is 16.5 Å². The van der Waals surface area contributed by atoms with Gasteiger partial charge in [0.2, 0.25) is 0 Å². The van der Waals surface area contributed by atoms with Gasteiger partial charge in [-0.3, -0.25) is 0 Å². The number of fused-ring (bicyclic) bond motifs is 1. The molecule has 1 heterocycles. The fourth-order valence-corrected chi connectivity index (χ4v) is 2.89. The largest absolute Gasteiger partial charge is 0.493 e. The second kappa shape index (κ2) is 5.14. The van der Waals surface area contributed by atoms with Crippen molar-refractivity contribution in [3.05, 3.63) is 63.4 Å². The molecule has 0 bridgehead atoms. The molecule has 0 radical (unpaired) electrons. The maximum absolute atomic E-state index is 13.2. The van der Waals surface area contributed by atoms with Gasteiger partial charge in [-0.2, -0.15) is 0 Å². The monoisotopic (exact) mass is 340 g/mol. The van der Waals surface area contributed by atoms with Crippen molar-refractivity contribution in [3.8, 4) is 5.75 Å². The fraction of sp³-hybridized carbons (Fsp3) is 0.200. The van der Waals surface area contributed by atoms with Crippen LogP contribution in [0, 0.1) is 5.82 Å². The van der Waals surface area contributed by atoms with Gasteiger partial charge in [0.1, 0.15) is 11.6 Å². The van der Waals surface area contributed by atoms with Gasteiger partial charge in [0, 0.05) is 6.42 Å². The Bertz CT molecular complexity index is 630. The van der Waals surface area contributed by atoms with E-state index in [-0.39, 0.29) is 11.2 Å². The van der Waals surface area contributed by atoms with E-state index in [1.54, 1.807) is 12.1 Å². The van der Waals surface area contributed by atoms with Crippen LogP contribution in [-0.2, 0) is 6.42 Å². The molecular formula is C15H11BrClFO. The molecule has 0 spiro atoms. The molecule has 0 saturated heterocycles. The molecule has 2 aromatic rings. The lowest BCUT2D eigenvalue weighted by atomic mass is 10.0. The van der Waals surface area contributed by atoms with E-state index in [2.05, 4.69) is 22.0 Å². The van der Waals surface area contributed by atoms with Crippen LogP contribution in [0.25, 0.3) is 0 Å². The maximum atomic E-state index is 13.2. The average molecular weight is 342 g/mol. The first kappa shape index (κ1) is 12.9. The number of hydrogen-bond acceptors (Lipinski definition) is 1. The molecule has 0 N–H and O–H groups in total. The number of alkyl halides is 1. The quantitative estimate of drug-likeness (QED) is 0.709. The first-order chi connectivity index (χ1) is 9.15. The minimum Gasteiger partial charge on any atom is -0.493 e. The Morgan fingerprint density at radius 1 is 1.16 bits per heavy atom. The van der Waals surface area contributed by atoms with Crippen molar-refractivity contribution in [1.29, 1.82) is 0 Å².